The zero-order chi connectivity index (χ0) is 24.0. The molecule has 0 radical (unpaired) electrons. The van der Waals surface area contributed by atoms with Crippen LogP contribution in [-0.4, -0.2) is 28.0 Å². The molecule has 3 aromatic rings. The smallest absolute Gasteiger partial charge is 0.313 e. The first kappa shape index (κ1) is 23.1. The van der Waals surface area contributed by atoms with Gasteiger partial charge in [-0.1, -0.05) is 19.9 Å². The highest BCUT2D eigenvalue weighted by Gasteiger charge is 2.37. The van der Waals surface area contributed by atoms with Crippen LogP contribution in [0.25, 0.3) is 16.8 Å². The minimum absolute atomic E-state index is 0.126. The Morgan fingerprint density at radius 3 is 2.52 bits per heavy atom. The zero-order valence-electron chi connectivity index (χ0n) is 18.0. The standard InChI is InChI=1S/C22H23F3N4O3S/c1-14(2)11-28-13-17(4-8-21(28)30)29-12-15(10-26-29)19-7-3-16(9-20(19)22(23,24)25)27-33(31,32)18-5-6-18/h3-4,7-10,12-14,18,27H,5-6,11H2,1-2H3. The molecule has 1 fully saturated rings. The zero-order valence-corrected chi connectivity index (χ0v) is 18.8. The minimum atomic E-state index is -4.71. The Hall–Kier alpha value is -3.08. The summed E-state index contributed by atoms with van der Waals surface area (Å²) >= 11 is 0. The van der Waals surface area contributed by atoms with Gasteiger partial charge in [0.25, 0.3) is 5.56 Å². The average Bonchev–Trinajstić information content (AvgIpc) is 3.47. The summed E-state index contributed by atoms with van der Waals surface area (Å²) in [7, 11) is -3.69. The van der Waals surface area contributed by atoms with Gasteiger partial charge in [-0.2, -0.15) is 18.3 Å². The number of alkyl halides is 3. The highest BCUT2D eigenvalue weighted by atomic mass is 32.2. The van der Waals surface area contributed by atoms with Crippen LogP contribution in [0.3, 0.4) is 0 Å². The van der Waals surface area contributed by atoms with Crippen LogP contribution in [0.2, 0.25) is 0 Å². The fraction of sp³-hybridized carbons (Fsp3) is 0.364. The quantitative estimate of drug-likeness (QED) is 0.547. The molecular formula is C22H23F3N4O3S. The van der Waals surface area contributed by atoms with Crippen molar-refractivity contribution >= 4 is 15.7 Å². The van der Waals surface area contributed by atoms with Gasteiger partial charge >= 0.3 is 6.18 Å². The lowest BCUT2D eigenvalue weighted by Crippen LogP contribution is -2.21. The van der Waals surface area contributed by atoms with Crippen LogP contribution in [0, 0.1) is 5.92 Å². The molecule has 0 spiro atoms. The van der Waals surface area contributed by atoms with Crippen LogP contribution >= 0.6 is 0 Å². The van der Waals surface area contributed by atoms with E-state index in [9.17, 15) is 26.4 Å². The van der Waals surface area contributed by atoms with E-state index in [1.165, 1.54) is 39.8 Å². The van der Waals surface area contributed by atoms with Crippen molar-refractivity contribution in [2.24, 2.45) is 5.92 Å². The monoisotopic (exact) mass is 480 g/mol. The number of rotatable bonds is 7. The molecule has 7 nitrogen and oxygen atoms in total. The SMILES string of the molecule is CC(C)Cn1cc(-n2cc(-c3ccc(NS(=O)(=O)C4CC4)cc3C(F)(F)F)cn2)ccc1=O. The first-order valence-corrected chi connectivity index (χ1v) is 12.0. The molecule has 1 aliphatic rings. The molecule has 1 aromatic carbocycles. The lowest BCUT2D eigenvalue weighted by atomic mass is 10.0. The summed E-state index contributed by atoms with van der Waals surface area (Å²) in [6, 6.07) is 6.28. The molecule has 0 aliphatic heterocycles. The van der Waals surface area contributed by atoms with Crippen molar-refractivity contribution in [1.29, 1.82) is 0 Å². The largest absolute Gasteiger partial charge is 0.417 e. The van der Waals surface area contributed by atoms with Crippen molar-refractivity contribution < 1.29 is 21.6 Å². The van der Waals surface area contributed by atoms with Crippen molar-refractivity contribution in [1.82, 2.24) is 14.3 Å². The predicted octanol–water partition coefficient (Wildman–Crippen LogP) is 4.28. The maximum absolute atomic E-state index is 13.8. The Balaban J connectivity index is 1.69. The maximum Gasteiger partial charge on any atom is 0.417 e. The van der Waals surface area contributed by atoms with Crippen LogP contribution in [0.15, 0.2) is 53.7 Å². The normalized spacial score (nSPS) is 14.6. The summed E-state index contributed by atoms with van der Waals surface area (Å²) in [5.74, 6) is 0.233. The van der Waals surface area contributed by atoms with E-state index in [-0.39, 0.29) is 28.3 Å². The molecule has 1 aliphatic carbocycles. The van der Waals surface area contributed by atoms with Crippen LogP contribution in [0.1, 0.15) is 32.3 Å². The van der Waals surface area contributed by atoms with Gasteiger partial charge in [0.1, 0.15) is 0 Å². The number of hydrogen-bond acceptors (Lipinski definition) is 4. The summed E-state index contributed by atoms with van der Waals surface area (Å²) in [5.41, 5.74) is -0.666. The number of hydrogen-bond donors (Lipinski definition) is 1. The van der Waals surface area contributed by atoms with Crippen LogP contribution < -0.4 is 10.3 Å². The second-order valence-electron chi connectivity index (χ2n) is 8.55. The third-order valence-corrected chi connectivity index (χ3v) is 7.11. The molecule has 2 aromatic heterocycles. The average molecular weight is 481 g/mol. The minimum Gasteiger partial charge on any atom is -0.313 e. The van der Waals surface area contributed by atoms with Gasteiger partial charge in [0.2, 0.25) is 10.0 Å². The van der Waals surface area contributed by atoms with E-state index in [0.29, 0.717) is 25.1 Å². The number of nitrogens with zero attached hydrogens (tertiary/aromatic N) is 3. The van der Waals surface area contributed by atoms with Gasteiger partial charge in [-0.25, -0.2) is 13.1 Å². The van der Waals surface area contributed by atoms with E-state index >= 15 is 0 Å². The molecule has 2 heterocycles. The van der Waals surface area contributed by atoms with E-state index in [1.807, 2.05) is 13.8 Å². The molecule has 0 atom stereocenters. The number of aromatic nitrogens is 3. The number of nitrogens with one attached hydrogen (secondary N) is 1. The van der Waals surface area contributed by atoms with E-state index < -0.39 is 27.0 Å². The van der Waals surface area contributed by atoms with Crippen molar-refractivity contribution in [3.05, 3.63) is 64.8 Å². The highest BCUT2D eigenvalue weighted by Crippen LogP contribution is 2.39. The van der Waals surface area contributed by atoms with E-state index in [2.05, 4.69) is 9.82 Å². The predicted molar refractivity (Wildman–Crippen MR) is 119 cm³/mol. The van der Waals surface area contributed by atoms with E-state index in [0.717, 1.165) is 6.07 Å². The van der Waals surface area contributed by atoms with Gasteiger partial charge in [-0.05, 0) is 42.5 Å². The molecular weight excluding hydrogens is 457 g/mol. The van der Waals surface area contributed by atoms with Crippen molar-refractivity contribution in [2.75, 3.05) is 4.72 Å². The molecule has 176 valence electrons. The molecule has 33 heavy (non-hydrogen) atoms. The molecule has 1 saturated carbocycles. The summed E-state index contributed by atoms with van der Waals surface area (Å²) in [6.07, 6.45) is 0.656. The Kier molecular flexibility index (Phi) is 5.85. The molecule has 0 bridgehead atoms. The summed E-state index contributed by atoms with van der Waals surface area (Å²) in [5, 5.41) is 3.62. The summed E-state index contributed by atoms with van der Waals surface area (Å²) < 4.78 is 70.9. The van der Waals surface area contributed by atoms with Gasteiger partial charge in [-0.15, -0.1) is 0 Å². The Bertz CT molecular complexity index is 1340. The Morgan fingerprint density at radius 2 is 1.88 bits per heavy atom. The van der Waals surface area contributed by atoms with Gasteiger partial charge in [0.15, 0.2) is 0 Å². The highest BCUT2D eigenvalue weighted by molar-refractivity contribution is 7.93. The summed E-state index contributed by atoms with van der Waals surface area (Å²) in [6.45, 7) is 4.44. The number of pyridine rings is 1. The van der Waals surface area contributed by atoms with E-state index in [1.54, 1.807) is 12.3 Å². The van der Waals surface area contributed by atoms with Crippen molar-refractivity contribution in [2.45, 2.75) is 44.7 Å². The molecule has 11 heteroatoms. The van der Waals surface area contributed by atoms with Crippen LogP contribution in [0.5, 0.6) is 0 Å². The topological polar surface area (TPSA) is 86.0 Å². The van der Waals surface area contributed by atoms with Gasteiger partial charge < -0.3 is 4.57 Å². The molecule has 0 unspecified atom stereocenters. The lowest BCUT2D eigenvalue weighted by molar-refractivity contribution is -0.137. The molecule has 0 amide bonds. The van der Waals surface area contributed by atoms with Gasteiger partial charge in [0.05, 0.1) is 22.7 Å². The fourth-order valence-corrected chi connectivity index (χ4v) is 4.89. The fourth-order valence-electron chi connectivity index (χ4n) is 3.51. The second-order valence-corrected chi connectivity index (χ2v) is 10.5. The molecule has 1 N–H and O–H groups in total. The number of benzene rings is 1. The third-order valence-electron chi connectivity index (χ3n) is 5.24. The first-order valence-electron chi connectivity index (χ1n) is 10.4. The summed E-state index contributed by atoms with van der Waals surface area (Å²) in [4.78, 5) is 12.1. The van der Waals surface area contributed by atoms with Gasteiger partial charge in [0, 0.05) is 36.3 Å². The van der Waals surface area contributed by atoms with Gasteiger partial charge in [-0.3, -0.25) is 9.52 Å². The molecule has 0 saturated heterocycles. The second kappa shape index (κ2) is 8.36. The third kappa shape index (κ3) is 5.13. The number of anilines is 1. The van der Waals surface area contributed by atoms with Crippen LogP contribution in [-0.2, 0) is 22.7 Å². The number of halogens is 3. The first-order chi connectivity index (χ1) is 15.4. The van der Waals surface area contributed by atoms with E-state index in [4.69, 9.17) is 0 Å². The van der Waals surface area contributed by atoms with Crippen molar-refractivity contribution in [3.63, 3.8) is 0 Å². The van der Waals surface area contributed by atoms with Crippen molar-refractivity contribution in [3.8, 4) is 16.8 Å². The Morgan fingerprint density at radius 1 is 1.15 bits per heavy atom. The lowest BCUT2D eigenvalue weighted by Gasteiger charge is -2.15. The Labute approximate surface area is 188 Å². The number of sulfonamides is 1. The van der Waals surface area contributed by atoms with Crippen LogP contribution in [0.4, 0.5) is 18.9 Å². The molecule has 4 rings (SSSR count). The maximum atomic E-state index is 13.8.